The Hall–Kier alpha value is -2.83. The second-order valence-corrected chi connectivity index (χ2v) is 9.43. The van der Waals surface area contributed by atoms with E-state index in [-0.39, 0.29) is 0 Å². The Morgan fingerprint density at radius 3 is 2.80 bits per heavy atom. The van der Waals surface area contributed by atoms with Gasteiger partial charge < -0.3 is 31.2 Å². The number of H-pyrrole nitrogens is 1. The van der Waals surface area contributed by atoms with E-state index in [2.05, 4.69) is 51.4 Å². The van der Waals surface area contributed by atoms with Crippen LogP contribution in [0.2, 0.25) is 0 Å². The zero-order valence-electron chi connectivity index (χ0n) is 20.5. The van der Waals surface area contributed by atoms with Gasteiger partial charge in [-0.05, 0) is 32.4 Å². The summed E-state index contributed by atoms with van der Waals surface area (Å²) in [5, 5.41) is 22.5. The molecule has 1 saturated heterocycles. The summed E-state index contributed by atoms with van der Waals surface area (Å²) in [6.45, 7) is 7.97. The lowest BCUT2D eigenvalue weighted by molar-refractivity contribution is 0.370. The molecule has 5 N–H and O–H groups in total. The van der Waals surface area contributed by atoms with E-state index in [1.807, 2.05) is 10.9 Å². The number of aromatic amines is 1. The Morgan fingerprint density at radius 1 is 1.03 bits per heavy atom. The molecule has 5 rings (SSSR count). The van der Waals surface area contributed by atoms with Crippen LogP contribution in [-0.4, -0.2) is 86.8 Å². The van der Waals surface area contributed by atoms with Crippen LogP contribution in [0.1, 0.15) is 44.2 Å². The number of piperazine rings is 1. The Bertz CT molecular complexity index is 1030. The van der Waals surface area contributed by atoms with Gasteiger partial charge in [-0.2, -0.15) is 9.97 Å². The highest BCUT2D eigenvalue weighted by Gasteiger charge is 2.17. The van der Waals surface area contributed by atoms with Crippen LogP contribution in [0, 0.1) is 0 Å². The summed E-state index contributed by atoms with van der Waals surface area (Å²) in [4.78, 5) is 19.1. The van der Waals surface area contributed by atoms with Crippen molar-refractivity contribution >= 4 is 22.9 Å². The fraction of sp³-hybridized carbons (Fsp3) is 0.696. The maximum Gasteiger partial charge on any atom is 0.229 e. The predicted molar refractivity (Wildman–Crippen MR) is 136 cm³/mol. The Morgan fingerprint density at radius 2 is 1.91 bits per heavy atom. The molecule has 0 unspecified atom stereocenters. The van der Waals surface area contributed by atoms with E-state index >= 15 is 0 Å². The van der Waals surface area contributed by atoms with Gasteiger partial charge in [-0.25, -0.2) is 4.98 Å². The van der Waals surface area contributed by atoms with Gasteiger partial charge in [-0.1, -0.05) is 24.5 Å². The minimum atomic E-state index is 0.528. The lowest BCUT2D eigenvalue weighted by Gasteiger charge is -2.27. The summed E-state index contributed by atoms with van der Waals surface area (Å²) in [5.74, 6) is 1.43. The molecular weight excluding hydrogens is 444 g/mol. The average Bonchev–Trinajstić information content (AvgIpc) is 3.57. The van der Waals surface area contributed by atoms with Crippen LogP contribution in [-0.2, 0) is 13.1 Å². The summed E-state index contributed by atoms with van der Waals surface area (Å²) in [7, 11) is 0. The van der Waals surface area contributed by atoms with Crippen LogP contribution in [0.4, 0.5) is 11.8 Å². The third-order valence-corrected chi connectivity index (χ3v) is 6.78. The Labute approximate surface area is 206 Å². The number of rotatable bonds is 12. The Balaban J connectivity index is 1.05. The smallest absolute Gasteiger partial charge is 0.229 e. The van der Waals surface area contributed by atoms with Gasteiger partial charge in [-0.15, -0.1) is 5.10 Å². The van der Waals surface area contributed by atoms with E-state index < -0.39 is 0 Å². The largest absolute Gasteiger partial charge is 0.362 e. The fourth-order valence-corrected chi connectivity index (χ4v) is 4.80. The van der Waals surface area contributed by atoms with E-state index in [0.29, 0.717) is 12.4 Å². The van der Waals surface area contributed by atoms with Gasteiger partial charge >= 0.3 is 0 Å². The number of hydrogen-bond donors (Lipinski definition) is 5. The van der Waals surface area contributed by atoms with Crippen molar-refractivity contribution < 1.29 is 0 Å². The standard InChI is InChI=1S/C23H38N12/c1-2-5-18(6-3-1)26-8-4-7-24-11-14-35-16-19(32-33-35)15-27-21-20-22(29-17-28-20)31-23(30-21)34-12-9-25-10-13-34/h16-18,24-26H,1-15H2,(H2,27,28,29,30,31). The maximum atomic E-state index is 4.76. The summed E-state index contributed by atoms with van der Waals surface area (Å²) in [5.41, 5.74) is 2.34. The summed E-state index contributed by atoms with van der Waals surface area (Å²) >= 11 is 0. The normalized spacial score (nSPS) is 17.3. The summed E-state index contributed by atoms with van der Waals surface area (Å²) in [6, 6.07) is 0.742. The molecule has 35 heavy (non-hydrogen) atoms. The van der Waals surface area contributed by atoms with E-state index in [9.17, 15) is 0 Å². The van der Waals surface area contributed by atoms with Crippen molar-refractivity contribution in [1.82, 2.24) is 50.9 Å². The minimum absolute atomic E-state index is 0.528. The summed E-state index contributed by atoms with van der Waals surface area (Å²) < 4.78 is 1.89. The summed E-state index contributed by atoms with van der Waals surface area (Å²) in [6.07, 6.45) is 11.7. The van der Waals surface area contributed by atoms with Crippen molar-refractivity contribution in [2.45, 2.75) is 57.7 Å². The van der Waals surface area contributed by atoms with Crippen LogP contribution in [0.3, 0.4) is 0 Å². The highest BCUT2D eigenvalue weighted by molar-refractivity contribution is 5.83. The molecule has 190 valence electrons. The van der Waals surface area contributed by atoms with Gasteiger partial charge in [0.05, 0.1) is 25.6 Å². The molecule has 1 aliphatic heterocycles. The van der Waals surface area contributed by atoms with Crippen LogP contribution >= 0.6 is 0 Å². The van der Waals surface area contributed by atoms with E-state index in [1.54, 1.807) is 6.33 Å². The number of nitrogens with zero attached hydrogens (tertiary/aromatic N) is 7. The molecule has 12 nitrogen and oxygen atoms in total. The lowest BCUT2D eigenvalue weighted by atomic mass is 9.95. The quantitative estimate of drug-likeness (QED) is 0.237. The number of hydrogen-bond acceptors (Lipinski definition) is 10. The van der Waals surface area contributed by atoms with Crippen LogP contribution in [0.15, 0.2) is 12.5 Å². The monoisotopic (exact) mass is 482 g/mol. The first-order chi connectivity index (χ1) is 17.3. The van der Waals surface area contributed by atoms with E-state index in [1.165, 1.54) is 32.1 Å². The van der Waals surface area contributed by atoms with E-state index in [0.717, 1.165) is 87.6 Å². The van der Waals surface area contributed by atoms with Gasteiger partial charge in [0, 0.05) is 38.8 Å². The molecule has 0 amide bonds. The van der Waals surface area contributed by atoms with Gasteiger partial charge in [0.2, 0.25) is 5.95 Å². The molecule has 2 fully saturated rings. The van der Waals surface area contributed by atoms with Crippen LogP contribution < -0.4 is 26.2 Å². The number of imidazole rings is 1. The highest BCUT2D eigenvalue weighted by Crippen LogP contribution is 2.21. The molecule has 3 aromatic rings. The van der Waals surface area contributed by atoms with Crippen molar-refractivity contribution in [3.8, 4) is 0 Å². The number of fused-ring (bicyclic) bond motifs is 1. The van der Waals surface area contributed by atoms with Crippen molar-refractivity contribution in [3.05, 3.63) is 18.2 Å². The van der Waals surface area contributed by atoms with Crippen molar-refractivity contribution in [3.63, 3.8) is 0 Å². The molecule has 0 aromatic carbocycles. The first kappa shape index (κ1) is 23.9. The van der Waals surface area contributed by atoms with Crippen molar-refractivity contribution in [1.29, 1.82) is 0 Å². The van der Waals surface area contributed by atoms with Crippen LogP contribution in [0.25, 0.3) is 11.2 Å². The van der Waals surface area contributed by atoms with Gasteiger partial charge in [0.25, 0.3) is 0 Å². The molecule has 1 aliphatic carbocycles. The molecule has 4 heterocycles. The molecule has 2 aliphatic rings. The maximum absolute atomic E-state index is 4.76. The SMILES string of the molecule is c1nc2c(NCc3cn(CCNCCCNC4CCCCC4)nn3)nc(N3CCNCC3)nc2[nH]1. The fourth-order valence-electron chi connectivity index (χ4n) is 4.80. The minimum Gasteiger partial charge on any atom is -0.362 e. The highest BCUT2D eigenvalue weighted by atomic mass is 15.4. The number of nitrogens with one attached hydrogen (secondary N) is 5. The first-order valence-corrected chi connectivity index (χ1v) is 13.1. The number of anilines is 2. The predicted octanol–water partition coefficient (Wildman–Crippen LogP) is 0.868. The molecule has 0 spiro atoms. The lowest BCUT2D eigenvalue weighted by Crippen LogP contribution is -2.44. The second-order valence-electron chi connectivity index (χ2n) is 9.43. The second kappa shape index (κ2) is 12.2. The third-order valence-electron chi connectivity index (χ3n) is 6.78. The molecular formula is C23H38N12. The van der Waals surface area contributed by atoms with Crippen molar-refractivity contribution in [2.24, 2.45) is 0 Å². The zero-order chi connectivity index (χ0) is 23.7. The van der Waals surface area contributed by atoms with Gasteiger partial charge in [0.1, 0.15) is 11.2 Å². The molecule has 12 heteroatoms. The third kappa shape index (κ3) is 6.65. The zero-order valence-corrected chi connectivity index (χ0v) is 20.5. The topological polar surface area (TPSA) is 137 Å². The van der Waals surface area contributed by atoms with Gasteiger partial charge in [-0.3, -0.25) is 4.68 Å². The number of aromatic nitrogens is 7. The Kier molecular flexibility index (Phi) is 8.35. The molecule has 0 atom stereocenters. The van der Waals surface area contributed by atoms with E-state index in [4.69, 9.17) is 4.98 Å². The molecule has 0 bridgehead atoms. The van der Waals surface area contributed by atoms with Gasteiger partial charge in [0.15, 0.2) is 11.5 Å². The molecule has 3 aromatic heterocycles. The molecule has 0 radical (unpaired) electrons. The van der Waals surface area contributed by atoms with Crippen LogP contribution in [0.5, 0.6) is 0 Å². The first-order valence-electron chi connectivity index (χ1n) is 13.1. The van der Waals surface area contributed by atoms with Crippen molar-refractivity contribution in [2.75, 3.05) is 56.0 Å². The average molecular weight is 483 g/mol. The molecule has 1 saturated carbocycles.